The molecule has 21 heavy (non-hydrogen) atoms. The van der Waals surface area contributed by atoms with E-state index in [1.165, 1.54) is 23.1 Å². The van der Waals surface area contributed by atoms with Crippen LogP contribution in [-0.2, 0) is 4.79 Å². The van der Waals surface area contributed by atoms with Crippen LogP contribution < -0.4 is 5.32 Å². The second-order valence-corrected chi connectivity index (χ2v) is 7.47. The molecule has 1 N–H and O–H groups in total. The highest BCUT2D eigenvalue weighted by Gasteiger charge is 2.09. The zero-order valence-corrected chi connectivity index (χ0v) is 13.4. The number of rotatable bonds is 6. The van der Waals surface area contributed by atoms with Crippen molar-refractivity contribution in [2.75, 3.05) is 16.8 Å². The number of aromatic nitrogens is 2. The van der Waals surface area contributed by atoms with Crippen molar-refractivity contribution in [2.24, 2.45) is 0 Å². The average Bonchev–Trinajstić information content (AvgIpc) is 2.83. The van der Waals surface area contributed by atoms with Gasteiger partial charge in [-0.15, -0.1) is 10.2 Å². The van der Waals surface area contributed by atoms with E-state index in [2.05, 4.69) is 15.5 Å². The first-order valence-corrected chi connectivity index (χ1v) is 8.70. The molecule has 0 saturated carbocycles. The molecule has 0 bridgehead atoms. The molecule has 9 heteroatoms. The maximum atomic E-state index is 13.0. The summed E-state index contributed by atoms with van der Waals surface area (Å²) in [4.78, 5) is 11.7. The van der Waals surface area contributed by atoms with E-state index in [4.69, 9.17) is 0 Å². The van der Waals surface area contributed by atoms with Gasteiger partial charge in [-0.05, 0) is 17.9 Å². The van der Waals surface area contributed by atoms with Crippen molar-refractivity contribution in [3.8, 4) is 0 Å². The van der Waals surface area contributed by atoms with Crippen molar-refractivity contribution in [3.63, 3.8) is 0 Å². The number of amides is 1. The van der Waals surface area contributed by atoms with Crippen molar-refractivity contribution >= 4 is 46.5 Å². The lowest BCUT2D eigenvalue weighted by Crippen LogP contribution is -2.14. The molecule has 2 rings (SSSR count). The molecule has 1 heterocycles. The minimum Gasteiger partial charge on any atom is -0.325 e. The molecule has 0 atom stereocenters. The third-order valence-corrected chi connectivity index (χ3v) is 5.20. The quantitative estimate of drug-likeness (QED) is 0.808. The predicted octanol–water partition coefficient (Wildman–Crippen LogP) is 3.66. The maximum absolute atomic E-state index is 13.0. The topological polar surface area (TPSA) is 54.9 Å². The minimum atomic E-state index is -0.733. The van der Waals surface area contributed by atoms with E-state index in [0.717, 1.165) is 28.3 Å². The van der Waals surface area contributed by atoms with Crippen LogP contribution in [0.25, 0.3) is 0 Å². The van der Waals surface area contributed by atoms with Crippen molar-refractivity contribution in [3.05, 3.63) is 29.8 Å². The maximum Gasteiger partial charge on any atom is 0.234 e. The van der Waals surface area contributed by atoms with E-state index in [9.17, 15) is 13.6 Å². The summed E-state index contributed by atoms with van der Waals surface area (Å²) in [5, 5.41) is 10.4. The Labute approximate surface area is 132 Å². The molecule has 2 aromatic rings. The number of benzene rings is 1. The highest BCUT2D eigenvalue weighted by Crippen LogP contribution is 2.28. The smallest absolute Gasteiger partial charge is 0.234 e. The summed E-state index contributed by atoms with van der Waals surface area (Å²) in [6.45, 7) is 2.02. The SMILES string of the molecule is CCSc1nnc(SCC(=O)Nc2cc(F)cc(F)c2)s1. The number of thioether (sulfide) groups is 2. The largest absolute Gasteiger partial charge is 0.325 e. The van der Waals surface area contributed by atoms with Crippen LogP contribution in [-0.4, -0.2) is 27.6 Å². The average molecular weight is 347 g/mol. The highest BCUT2D eigenvalue weighted by molar-refractivity contribution is 8.03. The van der Waals surface area contributed by atoms with Gasteiger partial charge in [-0.1, -0.05) is 41.8 Å². The third kappa shape index (κ3) is 5.25. The van der Waals surface area contributed by atoms with Crippen molar-refractivity contribution < 1.29 is 13.6 Å². The van der Waals surface area contributed by atoms with Crippen LogP contribution in [0, 0.1) is 11.6 Å². The van der Waals surface area contributed by atoms with E-state index in [1.54, 1.807) is 11.8 Å². The summed E-state index contributed by atoms with van der Waals surface area (Å²) in [7, 11) is 0. The van der Waals surface area contributed by atoms with Gasteiger partial charge in [-0.25, -0.2) is 8.78 Å². The fourth-order valence-corrected chi connectivity index (χ4v) is 4.10. The van der Waals surface area contributed by atoms with Crippen molar-refractivity contribution in [2.45, 2.75) is 15.6 Å². The number of hydrogen-bond acceptors (Lipinski definition) is 6. The normalized spacial score (nSPS) is 10.6. The third-order valence-electron chi connectivity index (χ3n) is 2.13. The standard InChI is InChI=1S/C12H11F2N3OS3/c1-2-19-11-16-17-12(21-11)20-6-10(18)15-9-4-7(13)3-8(14)5-9/h3-5H,2,6H2,1H3,(H,15,18). The number of anilines is 1. The molecule has 0 saturated heterocycles. The monoisotopic (exact) mass is 347 g/mol. The Balaban J connectivity index is 1.86. The van der Waals surface area contributed by atoms with Crippen molar-refractivity contribution in [1.82, 2.24) is 10.2 Å². The van der Waals surface area contributed by atoms with E-state index >= 15 is 0 Å². The molecule has 1 aromatic heterocycles. The van der Waals surface area contributed by atoms with Crippen LogP contribution in [0.5, 0.6) is 0 Å². The van der Waals surface area contributed by atoms with Gasteiger partial charge in [0.1, 0.15) is 11.6 Å². The Hall–Kier alpha value is -1.19. The molecule has 1 amide bonds. The molecule has 0 aliphatic carbocycles. The van der Waals surface area contributed by atoms with Gasteiger partial charge in [0.05, 0.1) is 5.75 Å². The molecular formula is C12H11F2N3OS3. The van der Waals surface area contributed by atoms with E-state index in [-0.39, 0.29) is 17.3 Å². The lowest BCUT2D eigenvalue weighted by Gasteiger charge is -2.04. The number of halogens is 2. The summed E-state index contributed by atoms with van der Waals surface area (Å²) in [5.74, 6) is -0.814. The summed E-state index contributed by atoms with van der Waals surface area (Å²) in [6, 6.07) is 2.87. The Morgan fingerprint density at radius 1 is 1.19 bits per heavy atom. The first-order valence-electron chi connectivity index (χ1n) is 5.92. The van der Waals surface area contributed by atoms with Crippen LogP contribution >= 0.6 is 34.9 Å². The van der Waals surface area contributed by atoms with E-state index in [0.29, 0.717) is 4.34 Å². The molecule has 1 aromatic carbocycles. The number of nitrogens with one attached hydrogen (secondary N) is 1. The molecule has 0 fully saturated rings. The molecule has 0 aliphatic heterocycles. The molecule has 112 valence electrons. The predicted molar refractivity (Wildman–Crippen MR) is 82.0 cm³/mol. The molecular weight excluding hydrogens is 336 g/mol. The summed E-state index contributed by atoms with van der Waals surface area (Å²) in [6.07, 6.45) is 0. The zero-order chi connectivity index (χ0) is 15.2. The molecule has 0 spiro atoms. The van der Waals surface area contributed by atoms with Gasteiger partial charge in [0.25, 0.3) is 0 Å². The lowest BCUT2D eigenvalue weighted by molar-refractivity contribution is -0.113. The highest BCUT2D eigenvalue weighted by atomic mass is 32.2. The fourth-order valence-electron chi connectivity index (χ4n) is 1.39. The first-order chi connectivity index (χ1) is 10.1. The Bertz CT molecular complexity index is 616. The number of carbonyl (C=O) groups is 1. The molecule has 0 aliphatic rings. The molecule has 0 unspecified atom stereocenters. The van der Waals surface area contributed by atoms with Crippen LogP contribution in [0.15, 0.2) is 26.9 Å². The van der Waals surface area contributed by atoms with Crippen molar-refractivity contribution in [1.29, 1.82) is 0 Å². The number of hydrogen-bond donors (Lipinski definition) is 1. The first kappa shape index (κ1) is 16.2. The van der Waals surface area contributed by atoms with Gasteiger partial charge in [-0.2, -0.15) is 0 Å². The van der Waals surface area contributed by atoms with Gasteiger partial charge in [0, 0.05) is 11.8 Å². The van der Waals surface area contributed by atoms with Crippen LogP contribution in [0.2, 0.25) is 0 Å². The molecule has 4 nitrogen and oxygen atoms in total. The number of nitrogens with zero attached hydrogens (tertiary/aromatic N) is 2. The number of carbonyl (C=O) groups excluding carboxylic acids is 1. The molecule has 0 radical (unpaired) electrons. The Morgan fingerprint density at radius 3 is 2.43 bits per heavy atom. The van der Waals surface area contributed by atoms with E-state index in [1.807, 2.05) is 6.92 Å². The summed E-state index contributed by atoms with van der Waals surface area (Å²) >= 11 is 4.23. The van der Waals surface area contributed by atoms with E-state index < -0.39 is 11.6 Å². The van der Waals surface area contributed by atoms with Gasteiger partial charge in [0.15, 0.2) is 8.68 Å². The van der Waals surface area contributed by atoms with Gasteiger partial charge in [-0.3, -0.25) is 4.79 Å². The Kier molecular flexibility index (Phi) is 5.95. The van der Waals surface area contributed by atoms with Gasteiger partial charge < -0.3 is 5.32 Å². The van der Waals surface area contributed by atoms with Gasteiger partial charge in [0.2, 0.25) is 5.91 Å². The summed E-state index contributed by atoms with van der Waals surface area (Å²) in [5.41, 5.74) is 0.0950. The summed E-state index contributed by atoms with van der Waals surface area (Å²) < 4.78 is 27.5. The zero-order valence-electron chi connectivity index (χ0n) is 10.9. The minimum absolute atomic E-state index is 0.0950. The second-order valence-electron chi connectivity index (χ2n) is 3.76. The van der Waals surface area contributed by atoms with Crippen LogP contribution in [0.4, 0.5) is 14.5 Å². The van der Waals surface area contributed by atoms with Crippen LogP contribution in [0.3, 0.4) is 0 Å². The fraction of sp³-hybridized carbons (Fsp3) is 0.250. The second kappa shape index (κ2) is 7.71. The lowest BCUT2D eigenvalue weighted by atomic mass is 10.3. The van der Waals surface area contributed by atoms with Crippen LogP contribution in [0.1, 0.15) is 6.92 Å². The van der Waals surface area contributed by atoms with Gasteiger partial charge >= 0.3 is 0 Å². The Morgan fingerprint density at radius 2 is 1.81 bits per heavy atom.